The molecule has 0 saturated carbocycles. The van der Waals surface area contributed by atoms with E-state index in [1.807, 2.05) is 0 Å². The maximum absolute atomic E-state index is 11.9. The zero-order valence-electron chi connectivity index (χ0n) is 12.0. The fourth-order valence-electron chi connectivity index (χ4n) is 1.92. The van der Waals surface area contributed by atoms with Gasteiger partial charge >= 0.3 is 74.2 Å². The summed E-state index contributed by atoms with van der Waals surface area (Å²) in [5.41, 5.74) is 0.592. The Balaban J connectivity index is 0.00000288. The van der Waals surface area contributed by atoms with Crippen LogP contribution in [0.25, 0.3) is 0 Å². The molecule has 1 saturated heterocycles. The van der Waals surface area contributed by atoms with Crippen LogP contribution < -0.4 is 0 Å². The van der Waals surface area contributed by atoms with Crippen molar-refractivity contribution in [1.82, 2.24) is 5.06 Å². The minimum absolute atomic E-state index is 0. The third-order valence-electron chi connectivity index (χ3n) is 3.06. The Hall–Kier alpha value is 0.0900. The topological polar surface area (TPSA) is 107 Å². The molecule has 0 N–H and O–H groups in total. The molecular formula is C13H15NNa2O7S2. The van der Waals surface area contributed by atoms with Crippen LogP contribution in [-0.4, -0.2) is 90.4 Å². The first-order chi connectivity index (χ1) is 10.7. The fraction of sp³-hybridized carbons (Fsp3) is 0.308. The summed E-state index contributed by atoms with van der Waals surface area (Å²) < 4.78 is 26.6. The van der Waals surface area contributed by atoms with E-state index in [9.17, 15) is 22.8 Å². The summed E-state index contributed by atoms with van der Waals surface area (Å²) in [7, 11) is -3.90. The van der Waals surface area contributed by atoms with E-state index in [1.54, 1.807) is 0 Å². The van der Waals surface area contributed by atoms with E-state index in [-0.39, 0.29) is 77.5 Å². The zero-order valence-corrected chi connectivity index (χ0v) is 13.7. The SMILES string of the molecule is C[C@H](OS(=O)(=O)S)c1ccc(C(=O)ON2C(=O)CCC2=O)cc1.[NaH].[NaH]. The van der Waals surface area contributed by atoms with Crippen LogP contribution in [0.5, 0.6) is 0 Å². The van der Waals surface area contributed by atoms with Crippen molar-refractivity contribution in [3.63, 3.8) is 0 Å². The van der Waals surface area contributed by atoms with Gasteiger partial charge in [-0.25, -0.2) is 4.79 Å². The van der Waals surface area contributed by atoms with Gasteiger partial charge in [0.2, 0.25) is 0 Å². The van der Waals surface area contributed by atoms with E-state index in [0.717, 1.165) is 0 Å². The molecule has 0 aliphatic carbocycles. The average Bonchev–Trinajstić information content (AvgIpc) is 2.77. The van der Waals surface area contributed by atoms with Gasteiger partial charge < -0.3 is 4.84 Å². The van der Waals surface area contributed by atoms with Crippen molar-refractivity contribution in [2.24, 2.45) is 0 Å². The Morgan fingerprint density at radius 3 is 2.04 bits per heavy atom. The van der Waals surface area contributed by atoms with Gasteiger partial charge in [-0.05, 0) is 36.3 Å². The fourth-order valence-corrected chi connectivity index (χ4v) is 2.78. The molecule has 0 aromatic heterocycles. The van der Waals surface area contributed by atoms with Crippen LogP contribution in [0.1, 0.15) is 41.8 Å². The molecule has 2 amide bonds. The molecule has 1 aromatic rings. The molecule has 1 aliphatic rings. The van der Waals surface area contributed by atoms with Crippen molar-refractivity contribution in [2.75, 3.05) is 0 Å². The van der Waals surface area contributed by atoms with Crippen molar-refractivity contribution in [2.45, 2.75) is 25.9 Å². The Bertz CT molecular complexity index is 736. The van der Waals surface area contributed by atoms with Gasteiger partial charge in [0, 0.05) is 12.8 Å². The van der Waals surface area contributed by atoms with E-state index in [0.29, 0.717) is 10.6 Å². The molecule has 0 spiro atoms. The summed E-state index contributed by atoms with van der Waals surface area (Å²) in [6, 6.07) is 5.67. The van der Waals surface area contributed by atoms with Crippen LogP contribution in [0.4, 0.5) is 0 Å². The summed E-state index contributed by atoms with van der Waals surface area (Å²) in [5.74, 6) is -2.00. The summed E-state index contributed by atoms with van der Waals surface area (Å²) in [6.45, 7) is 1.50. The first-order valence-corrected chi connectivity index (χ1v) is 8.97. The zero-order chi connectivity index (χ0) is 17.2. The van der Waals surface area contributed by atoms with Gasteiger partial charge in [0.15, 0.2) is 0 Å². The van der Waals surface area contributed by atoms with E-state index in [4.69, 9.17) is 4.84 Å². The van der Waals surface area contributed by atoms with Crippen molar-refractivity contribution in [3.05, 3.63) is 35.4 Å². The number of rotatable bonds is 5. The molecule has 0 bridgehead atoms. The molecule has 1 aliphatic heterocycles. The number of carbonyl (C=O) groups excluding carboxylic acids is 3. The second kappa shape index (κ2) is 10.4. The summed E-state index contributed by atoms with van der Waals surface area (Å²) in [5, 5.41) is 0.454. The van der Waals surface area contributed by atoms with E-state index >= 15 is 0 Å². The standard InChI is InChI=1S/C13H13NO7S2.2Na.2H/c1-8(21-23(18,19)22)9-2-4-10(5-3-9)13(17)20-14-11(15)6-7-12(14)16;;;;/h2-5,8H,6-7H2,1H3,(H,18,19,22);;;;/t8-;;;;/m0..../s1. The van der Waals surface area contributed by atoms with Crippen molar-refractivity contribution in [1.29, 1.82) is 0 Å². The third kappa shape index (κ3) is 7.31. The van der Waals surface area contributed by atoms with Gasteiger partial charge in [-0.3, -0.25) is 13.8 Å². The number of benzene rings is 1. The number of hydrogen-bond acceptors (Lipinski definition) is 7. The van der Waals surface area contributed by atoms with Gasteiger partial charge in [0.05, 0.1) is 5.56 Å². The number of nitrogens with zero attached hydrogens (tertiary/aromatic N) is 1. The van der Waals surface area contributed by atoms with Gasteiger partial charge in [-0.15, -0.1) is 5.06 Å². The van der Waals surface area contributed by atoms with Crippen LogP contribution in [-0.2, 0) is 27.8 Å². The number of thiol groups is 1. The van der Waals surface area contributed by atoms with Gasteiger partial charge in [-0.1, -0.05) is 12.1 Å². The molecule has 12 heteroatoms. The number of hydroxylamine groups is 2. The first-order valence-electron chi connectivity index (χ1n) is 6.51. The number of carbonyl (C=O) groups is 3. The van der Waals surface area contributed by atoms with E-state index < -0.39 is 33.0 Å². The number of amides is 2. The van der Waals surface area contributed by atoms with Crippen LogP contribution >= 0.6 is 11.7 Å². The summed E-state index contributed by atoms with van der Waals surface area (Å²) in [6.07, 6.45) is -0.764. The predicted molar refractivity (Wildman–Crippen MR) is 94.6 cm³/mol. The predicted octanol–water partition coefficient (Wildman–Crippen LogP) is -0.137. The molecule has 1 heterocycles. The van der Waals surface area contributed by atoms with Gasteiger partial charge in [0.1, 0.15) is 6.10 Å². The Morgan fingerprint density at radius 1 is 1.12 bits per heavy atom. The maximum atomic E-state index is 11.9. The molecule has 128 valence electrons. The van der Waals surface area contributed by atoms with Crippen molar-refractivity contribution in [3.8, 4) is 0 Å². The average molecular weight is 407 g/mol. The molecule has 1 aromatic carbocycles. The van der Waals surface area contributed by atoms with Crippen LogP contribution in [0.3, 0.4) is 0 Å². The molecule has 1 atom stereocenters. The Labute approximate surface area is 194 Å². The second-order valence-electron chi connectivity index (χ2n) is 4.75. The third-order valence-corrected chi connectivity index (χ3v) is 3.85. The van der Waals surface area contributed by atoms with E-state index in [2.05, 4.69) is 15.8 Å². The molecule has 25 heavy (non-hydrogen) atoms. The molecular weight excluding hydrogens is 392 g/mol. The van der Waals surface area contributed by atoms with Crippen LogP contribution in [0.15, 0.2) is 24.3 Å². The number of imide groups is 1. The molecule has 0 unspecified atom stereocenters. The van der Waals surface area contributed by atoms with Gasteiger partial charge in [-0.2, -0.15) is 8.42 Å². The number of hydrogen-bond donors (Lipinski definition) is 1. The van der Waals surface area contributed by atoms with Gasteiger partial charge in [0.25, 0.3) is 11.8 Å². The van der Waals surface area contributed by atoms with Crippen molar-refractivity contribution < 1.29 is 31.8 Å². The molecule has 8 nitrogen and oxygen atoms in total. The summed E-state index contributed by atoms with van der Waals surface area (Å²) in [4.78, 5) is 39.4. The molecule has 1 fully saturated rings. The van der Waals surface area contributed by atoms with Crippen molar-refractivity contribution >= 4 is 97.7 Å². The Kier molecular flexibility index (Phi) is 10.5. The monoisotopic (exact) mass is 407 g/mol. The minimum atomic E-state index is -3.90. The van der Waals surface area contributed by atoms with Crippen LogP contribution in [0, 0.1) is 0 Å². The Morgan fingerprint density at radius 2 is 1.60 bits per heavy atom. The normalized spacial score (nSPS) is 15.2. The second-order valence-corrected chi connectivity index (χ2v) is 7.14. The van der Waals surface area contributed by atoms with E-state index in [1.165, 1.54) is 31.2 Å². The first kappa shape index (κ1) is 25.1. The molecule has 2 rings (SSSR count). The quantitative estimate of drug-likeness (QED) is 0.313. The van der Waals surface area contributed by atoms with Crippen LogP contribution in [0.2, 0.25) is 0 Å². The summed E-state index contributed by atoms with van der Waals surface area (Å²) >= 11 is 3.29. The molecule has 0 radical (unpaired) electrons.